The number of carbonyl (C=O) groups is 1. The third-order valence-corrected chi connectivity index (χ3v) is 4.88. The minimum Gasteiger partial charge on any atom is -0.460 e. The molecule has 0 aliphatic rings. The lowest BCUT2D eigenvalue weighted by atomic mass is 9.94. The SMILES string of the molecule is CC(C)C[C@@H]([C@H](O)CC(=O)OC(C)(C)C)N(Cc1ccccc1)Cc1ccccc1. The van der Waals surface area contributed by atoms with Crippen molar-refractivity contribution in [3.63, 3.8) is 0 Å². The highest BCUT2D eigenvalue weighted by Crippen LogP contribution is 2.23. The van der Waals surface area contributed by atoms with Crippen LogP contribution in [0.25, 0.3) is 0 Å². The molecule has 0 spiro atoms. The van der Waals surface area contributed by atoms with Gasteiger partial charge in [0.1, 0.15) is 5.60 Å². The Balaban J connectivity index is 2.25. The number of nitrogens with zero attached hydrogens (tertiary/aromatic N) is 1. The maximum absolute atomic E-state index is 12.4. The number of aliphatic hydroxyl groups excluding tert-OH is 1. The first-order chi connectivity index (χ1) is 14.1. The second-order valence-corrected chi connectivity index (χ2v) is 9.43. The van der Waals surface area contributed by atoms with Gasteiger partial charge in [-0.15, -0.1) is 0 Å². The van der Waals surface area contributed by atoms with E-state index in [0.717, 1.165) is 6.42 Å². The first-order valence-electron chi connectivity index (χ1n) is 10.9. The van der Waals surface area contributed by atoms with Gasteiger partial charge in [-0.3, -0.25) is 9.69 Å². The monoisotopic (exact) mass is 411 g/mol. The second kappa shape index (κ2) is 11.3. The van der Waals surface area contributed by atoms with Crippen LogP contribution in [0, 0.1) is 5.92 Å². The zero-order valence-electron chi connectivity index (χ0n) is 19.0. The van der Waals surface area contributed by atoms with Crippen molar-refractivity contribution >= 4 is 5.97 Å². The molecule has 164 valence electrons. The molecule has 0 radical (unpaired) electrons. The van der Waals surface area contributed by atoms with Gasteiger partial charge in [-0.1, -0.05) is 74.5 Å². The highest BCUT2D eigenvalue weighted by Gasteiger charge is 2.30. The molecule has 0 heterocycles. The van der Waals surface area contributed by atoms with Crippen LogP contribution < -0.4 is 0 Å². The molecule has 1 N–H and O–H groups in total. The summed E-state index contributed by atoms with van der Waals surface area (Å²) in [4.78, 5) is 14.7. The molecule has 0 amide bonds. The van der Waals surface area contributed by atoms with E-state index in [-0.39, 0.29) is 18.4 Å². The Morgan fingerprint density at radius 2 is 1.40 bits per heavy atom. The Bertz CT molecular complexity index is 711. The maximum atomic E-state index is 12.4. The number of ether oxygens (including phenoxy) is 1. The molecule has 2 aromatic carbocycles. The third kappa shape index (κ3) is 8.68. The van der Waals surface area contributed by atoms with Gasteiger partial charge >= 0.3 is 5.97 Å². The van der Waals surface area contributed by atoms with Crippen LogP contribution in [0.2, 0.25) is 0 Å². The number of carbonyl (C=O) groups excluding carboxylic acids is 1. The summed E-state index contributed by atoms with van der Waals surface area (Å²) in [6, 6.07) is 20.4. The fourth-order valence-corrected chi connectivity index (χ4v) is 3.65. The van der Waals surface area contributed by atoms with E-state index in [9.17, 15) is 9.90 Å². The summed E-state index contributed by atoms with van der Waals surface area (Å²) < 4.78 is 5.46. The molecule has 4 heteroatoms. The van der Waals surface area contributed by atoms with Gasteiger partial charge in [-0.25, -0.2) is 0 Å². The van der Waals surface area contributed by atoms with Crippen molar-refractivity contribution < 1.29 is 14.6 Å². The lowest BCUT2D eigenvalue weighted by molar-refractivity contribution is -0.158. The topological polar surface area (TPSA) is 49.8 Å². The first-order valence-corrected chi connectivity index (χ1v) is 10.9. The van der Waals surface area contributed by atoms with Crippen LogP contribution in [0.1, 0.15) is 58.6 Å². The van der Waals surface area contributed by atoms with Gasteiger partial charge in [-0.05, 0) is 44.2 Å². The van der Waals surface area contributed by atoms with Crippen molar-refractivity contribution in [1.29, 1.82) is 0 Å². The molecule has 2 atom stereocenters. The van der Waals surface area contributed by atoms with E-state index in [4.69, 9.17) is 4.74 Å². The summed E-state index contributed by atoms with van der Waals surface area (Å²) in [5.74, 6) is 0.0282. The zero-order valence-corrected chi connectivity index (χ0v) is 19.0. The smallest absolute Gasteiger partial charge is 0.308 e. The molecule has 0 aromatic heterocycles. The minimum absolute atomic E-state index is 0.00522. The van der Waals surface area contributed by atoms with Crippen LogP contribution in [-0.2, 0) is 22.6 Å². The summed E-state index contributed by atoms with van der Waals surface area (Å²) in [5, 5.41) is 11.1. The van der Waals surface area contributed by atoms with Crippen LogP contribution in [0.4, 0.5) is 0 Å². The lowest BCUT2D eigenvalue weighted by Gasteiger charge is -2.36. The van der Waals surface area contributed by atoms with E-state index >= 15 is 0 Å². The molecular weight excluding hydrogens is 374 g/mol. The Morgan fingerprint density at radius 1 is 0.933 bits per heavy atom. The van der Waals surface area contributed by atoms with Gasteiger partial charge in [0.2, 0.25) is 0 Å². The van der Waals surface area contributed by atoms with Gasteiger partial charge < -0.3 is 9.84 Å². The van der Waals surface area contributed by atoms with Crippen molar-refractivity contribution in [1.82, 2.24) is 4.90 Å². The van der Waals surface area contributed by atoms with Crippen molar-refractivity contribution in [2.45, 2.75) is 78.3 Å². The van der Waals surface area contributed by atoms with E-state index in [1.165, 1.54) is 11.1 Å². The third-order valence-electron chi connectivity index (χ3n) is 4.88. The van der Waals surface area contributed by atoms with E-state index in [2.05, 4.69) is 43.0 Å². The normalized spacial score (nSPS) is 14.0. The van der Waals surface area contributed by atoms with Crippen LogP contribution in [0.15, 0.2) is 60.7 Å². The van der Waals surface area contributed by atoms with Crippen LogP contribution in [-0.4, -0.2) is 33.7 Å². The fourth-order valence-electron chi connectivity index (χ4n) is 3.65. The van der Waals surface area contributed by atoms with Gasteiger partial charge in [-0.2, -0.15) is 0 Å². The predicted octanol–water partition coefficient (Wildman–Crippen LogP) is 5.20. The average molecular weight is 412 g/mol. The molecule has 30 heavy (non-hydrogen) atoms. The number of hydrogen-bond donors (Lipinski definition) is 1. The highest BCUT2D eigenvalue weighted by atomic mass is 16.6. The van der Waals surface area contributed by atoms with Gasteiger partial charge in [0, 0.05) is 19.1 Å². The minimum atomic E-state index is -0.797. The molecule has 4 nitrogen and oxygen atoms in total. The summed E-state index contributed by atoms with van der Waals surface area (Å²) >= 11 is 0. The van der Waals surface area contributed by atoms with Crippen LogP contribution in [0.3, 0.4) is 0 Å². The standard InChI is InChI=1S/C26H37NO3/c1-20(2)16-23(24(28)17-25(29)30-26(3,4)5)27(18-21-12-8-6-9-13-21)19-22-14-10-7-11-15-22/h6-15,20,23-24,28H,16-19H2,1-5H3/t23-,24+/m0/s1. The molecule has 0 saturated heterocycles. The Kier molecular flexibility index (Phi) is 9.07. The molecule has 0 unspecified atom stereocenters. The largest absolute Gasteiger partial charge is 0.460 e. The Labute approximate surface area is 181 Å². The van der Waals surface area contributed by atoms with Gasteiger partial charge in [0.15, 0.2) is 0 Å². The predicted molar refractivity (Wildman–Crippen MR) is 122 cm³/mol. The molecule has 0 fully saturated rings. The summed E-state index contributed by atoms with van der Waals surface area (Å²) in [6.07, 6.45) is -0.00655. The zero-order chi connectivity index (χ0) is 22.1. The molecular formula is C26H37NO3. The molecule has 2 rings (SSSR count). The number of aliphatic hydroxyl groups is 1. The van der Waals surface area contributed by atoms with E-state index < -0.39 is 11.7 Å². The van der Waals surface area contributed by atoms with Gasteiger partial charge in [0.25, 0.3) is 0 Å². The first kappa shape index (κ1) is 24.1. The second-order valence-electron chi connectivity index (χ2n) is 9.43. The van der Waals surface area contributed by atoms with Crippen LogP contribution in [0.5, 0.6) is 0 Å². The van der Waals surface area contributed by atoms with E-state index in [1.54, 1.807) is 0 Å². The molecule has 0 aliphatic heterocycles. The van der Waals surface area contributed by atoms with Crippen molar-refractivity contribution in [3.05, 3.63) is 71.8 Å². The molecule has 0 saturated carbocycles. The van der Waals surface area contributed by atoms with Crippen molar-refractivity contribution in [2.24, 2.45) is 5.92 Å². The number of rotatable bonds is 10. The molecule has 2 aromatic rings. The number of esters is 1. The summed E-state index contributed by atoms with van der Waals surface area (Å²) in [7, 11) is 0. The molecule has 0 bridgehead atoms. The maximum Gasteiger partial charge on any atom is 0.308 e. The average Bonchev–Trinajstić information content (AvgIpc) is 2.65. The summed E-state index contributed by atoms with van der Waals surface area (Å²) in [6.45, 7) is 11.3. The van der Waals surface area contributed by atoms with Crippen molar-refractivity contribution in [3.8, 4) is 0 Å². The van der Waals surface area contributed by atoms with E-state index in [1.807, 2.05) is 57.2 Å². The fraction of sp³-hybridized carbons (Fsp3) is 0.500. The van der Waals surface area contributed by atoms with Crippen LogP contribution >= 0.6 is 0 Å². The highest BCUT2D eigenvalue weighted by molar-refractivity contribution is 5.70. The van der Waals surface area contributed by atoms with Gasteiger partial charge in [0.05, 0.1) is 12.5 Å². The Morgan fingerprint density at radius 3 is 1.80 bits per heavy atom. The summed E-state index contributed by atoms with van der Waals surface area (Å²) in [5.41, 5.74) is 1.82. The quantitative estimate of drug-likeness (QED) is 0.546. The Hall–Kier alpha value is -2.17. The number of hydrogen-bond acceptors (Lipinski definition) is 4. The van der Waals surface area contributed by atoms with E-state index in [0.29, 0.717) is 19.0 Å². The lowest BCUT2D eigenvalue weighted by Crippen LogP contribution is -2.45. The van der Waals surface area contributed by atoms with Crippen molar-refractivity contribution in [2.75, 3.05) is 0 Å². The molecule has 0 aliphatic carbocycles. The number of benzene rings is 2.